The first-order valence-corrected chi connectivity index (χ1v) is 10.2. The van der Waals surface area contributed by atoms with Gasteiger partial charge in [-0.15, -0.1) is 11.3 Å². The molecule has 0 spiro atoms. The number of hydrogen-bond donors (Lipinski definition) is 2. The maximum atomic E-state index is 12.8. The van der Waals surface area contributed by atoms with E-state index >= 15 is 0 Å². The summed E-state index contributed by atoms with van der Waals surface area (Å²) in [7, 11) is 0. The van der Waals surface area contributed by atoms with E-state index in [1.165, 1.54) is 11.3 Å². The van der Waals surface area contributed by atoms with E-state index in [9.17, 15) is 14.4 Å². The number of rotatable bonds is 4. The minimum Gasteiger partial charge on any atom is -0.451 e. The lowest BCUT2D eigenvalue weighted by atomic mass is 10.0. The van der Waals surface area contributed by atoms with Gasteiger partial charge in [0.2, 0.25) is 0 Å². The Labute approximate surface area is 171 Å². The number of amides is 2. The van der Waals surface area contributed by atoms with Gasteiger partial charge in [0.25, 0.3) is 11.8 Å². The van der Waals surface area contributed by atoms with Gasteiger partial charge in [0.15, 0.2) is 11.2 Å². The molecule has 1 aliphatic rings. The van der Waals surface area contributed by atoms with Crippen molar-refractivity contribution >= 4 is 39.1 Å². The second kappa shape index (κ2) is 7.46. The van der Waals surface area contributed by atoms with Gasteiger partial charge < -0.3 is 15.5 Å². The third kappa shape index (κ3) is 3.56. The molecule has 0 unspecified atom stereocenters. The second-order valence-corrected chi connectivity index (χ2v) is 8.42. The molecule has 3 aromatic rings. The van der Waals surface area contributed by atoms with Crippen molar-refractivity contribution in [2.45, 2.75) is 32.9 Å². The Morgan fingerprint density at radius 1 is 1.28 bits per heavy atom. The average molecular weight is 411 g/mol. The van der Waals surface area contributed by atoms with Crippen LogP contribution >= 0.6 is 11.3 Å². The highest BCUT2D eigenvalue weighted by atomic mass is 32.1. The average Bonchev–Trinajstić information content (AvgIpc) is 3.04. The normalized spacial score (nSPS) is 14.2. The first kappa shape index (κ1) is 19.4. The van der Waals surface area contributed by atoms with E-state index in [-0.39, 0.29) is 11.2 Å². The molecule has 29 heavy (non-hydrogen) atoms. The zero-order chi connectivity index (χ0) is 20.7. The summed E-state index contributed by atoms with van der Waals surface area (Å²) in [6.45, 7) is 5.78. The van der Waals surface area contributed by atoms with Crippen molar-refractivity contribution in [3.8, 4) is 0 Å². The third-order valence-electron chi connectivity index (χ3n) is 5.15. The monoisotopic (exact) mass is 411 g/mol. The zero-order valence-corrected chi connectivity index (χ0v) is 17.0. The van der Waals surface area contributed by atoms with Crippen molar-refractivity contribution in [3.05, 3.63) is 62.3 Å². The summed E-state index contributed by atoms with van der Waals surface area (Å²) in [5.41, 5.74) is 6.90. The fourth-order valence-corrected chi connectivity index (χ4v) is 4.87. The lowest BCUT2D eigenvalue weighted by Crippen LogP contribution is -2.35. The van der Waals surface area contributed by atoms with Crippen molar-refractivity contribution in [2.75, 3.05) is 11.9 Å². The molecule has 2 aromatic heterocycles. The molecule has 0 saturated heterocycles. The van der Waals surface area contributed by atoms with Gasteiger partial charge in [0, 0.05) is 30.1 Å². The number of fused-ring (bicyclic) bond motifs is 2. The van der Waals surface area contributed by atoms with E-state index in [4.69, 9.17) is 10.2 Å². The predicted molar refractivity (Wildman–Crippen MR) is 113 cm³/mol. The van der Waals surface area contributed by atoms with Gasteiger partial charge in [-0.1, -0.05) is 12.1 Å². The van der Waals surface area contributed by atoms with Gasteiger partial charge in [-0.2, -0.15) is 0 Å². The Morgan fingerprint density at radius 2 is 2.03 bits per heavy atom. The quantitative estimate of drug-likeness (QED) is 0.687. The van der Waals surface area contributed by atoms with Crippen LogP contribution in [0.2, 0.25) is 0 Å². The molecule has 150 valence electrons. The number of nitrogens with zero attached hydrogens (tertiary/aromatic N) is 1. The lowest BCUT2D eigenvalue weighted by Gasteiger charge is -2.30. The van der Waals surface area contributed by atoms with E-state index in [1.54, 1.807) is 24.3 Å². The molecule has 1 aromatic carbocycles. The third-order valence-corrected chi connectivity index (χ3v) is 6.28. The Bertz CT molecular complexity index is 1180. The molecule has 0 bridgehead atoms. The summed E-state index contributed by atoms with van der Waals surface area (Å²) in [6, 6.07) is 8.28. The molecule has 0 radical (unpaired) electrons. The summed E-state index contributed by atoms with van der Waals surface area (Å²) in [5.74, 6) is -1.27. The maximum Gasteiger partial charge on any atom is 0.292 e. The number of hydrogen-bond acceptors (Lipinski definition) is 6. The molecule has 4 rings (SSSR count). The van der Waals surface area contributed by atoms with Crippen LogP contribution in [0, 0.1) is 0 Å². The van der Waals surface area contributed by atoms with Crippen LogP contribution in [-0.4, -0.2) is 29.3 Å². The van der Waals surface area contributed by atoms with Gasteiger partial charge in [0.1, 0.15) is 10.6 Å². The van der Waals surface area contributed by atoms with Crippen LogP contribution in [0.4, 0.5) is 5.00 Å². The van der Waals surface area contributed by atoms with E-state index in [0.29, 0.717) is 40.5 Å². The molecule has 7 nitrogen and oxygen atoms in total. The van der Waals surface area contributed by atoms with Crippen molar-refractivity contribution in [3.63, 3.8) is 0 Å². The van der Waals surface area contributed by atoms with Crippen molar-refractivity contribution in [1.82, 2.24) is 4.90 Å². The van der Waals surface area contributed by atoms with Crippen LogP contribution < -0.4 is 16.5 Å². The molecule has 0 aliphatic carbocycles. The number of nitrogens with two attached hydrogens (primary N) is 1. The second-order valence-electron chi connectivity index (χ2n) is 7.31. The number of carbonyl (C=O) groups is 2. The first-order valence-electron chi connectivity index (χ1n) is 9.37. The highest BCUT2D eigenvalue weighted by molar-refractivity contribution is 7.17. The highest BCUT2D eigenvalue weighted by Gasteiger charge is 2.29. The van der Waals surface area contributed by atoms with E-state index in [0.717, 1.165) is 23.1 Å². The van der Waals surface area contributed by atoms with Crippen LogP contribution in [0.15, 0.2) is 39.5 Å². The fourth-order valence-electron chi connectivity index (χ4n) is 3.59. The molecule has 1 aliphatic heterocycles. The highest BCUT2D eigenvalue weighted by Crippen LogP contribution is 2.37. The summed E-state index contributed by atoms with van der Waals surface area (Å²) >= 11 is 1.35. The standard InChI is InChI=1S/C21H21N3O4S/c1-11(2)24-8-7-13-17(10-24)29-21(18(13)19(22)26)23-20(27)16-9-14(25)12-5-3-4-6-15(12)28-16/h3-6,9,11H,7-8,10H2,1-2H3,(H2,22,26)(H,23,27). The minimum absolute atomic E-state index is 0.112. The van der Waals surface area contributed by atoms with Gasteiger partial charge in [0.05, 0.1) is 10.9 Å². The number of benzene rings is 1. The Kier molecular flexibility index (Phi) is 4.97. The largest absolute Gasteiger partial charge is 0.451 e. The predicted octanol–water partition coefficient (Wildman–Crippen LogP) is 2.97. The number of nitrogens with one attached hydrogen (secondary N) is 1. The van der Waals surface area contributed by atoms with Gasteiger partial charge >= 0.3 is 0 Å². The van der Waals surface area contributed by atoms with Crippen LogP contribution in [0.3, 0.4) is 0 Å². The fraction of sp³-hybridized carbons (Fsp3) is 0.286. The molecule has 2 amide bonds. The summed E-state index contributed by atoms with van der Waals surface area (Å²) in [5, 5.41) is 3.53. The van der Waals surface area contributed by atoms with Gasteiger partial charge in [-0.3, -0.25) is 19.3 Å². The molecule has 3 heterocycles. The molecular formula is C21H21N3O4S. The van der Waals surface area contributed by atoms with Gasteiger partial charge in [-0.05, 0) is 38.0 Å². The topological polar surface area (TPSA) is 106 Å². The molecule has 0 saturated carbocycles. The number of primary amides is 1. The maximum absolute atomic E-state index is 12.8. The Hall–Kier alpha value is -2.97. The molecule has 0 fully saturated rings. The van der Waals surface area contributed by atoms with Crippen LogP contribution in [0.1, 0.15) is 45.2 Å². The molecule has 3 N–H and O–H groups in total. The Morgan fingerprint density at radius 3 is 2.76 bits per heavy atom. The number of anilines is 1. The van der Waals surface area contributed by atoms with Crippen LogP contribution in [0.5, 0.6) is 0 Å². The zero-order valence-electron chi connectivity index (χ0n) is 16.2. The summed E-state index contributed by atoms with van der Waals surface area (Å²) < 4.78 is 5.60. The van der Waals surface area contributed by atoms with Gasteiger partial charge in [-0.25, -0.2) is 0 Å². The summed E-state index contributed by atoms with van der Waals surface area (Å²) in [4.78, 5) is 40.5. The van der Waals surface area contributed by atoms with Crippen molar-refractivity contribution in [1.29, 1.82) is 0 Å². The van der Waals surface area contributed by atoms with E-state index < -0.39 is 11.8 Å². The first-order chi connectivity index (χ1) is 13.8. The Balaban J connectivity index is 1.68. The number of carbonyl (C=O) groups excluding carboxylic acids is 2. The minimum atomic E-state index is -0.588. The molecular weight excluding hydrogens is 390 g/mol. The molecule has 0 atom stereocenters. The smallest absolute Gasteiger partial charge is 0.292 e. The molecule has 8 heteroatoms. The van der Waals surface area contributed by atoms with Crippen LogP contribution in [-0.2, 0) is 13.0 Å². The number of thiophene rings is 1. The van der Waals surface area contributed by atoms with E-state index in [1.807, 2.05) is 0 Å². The lowest BCUT2D eigenvalue weighted by molar-refractivity contribution is 0.0997. The van der Waals surface area contributed by atoms with Crippen molar-refractivity contribution < 1.29 is 14.0 Å². The van der Waals surface area contributed by atoms with E-state index in [2.05, 4.69) is 24.1 Å². The van der Waals surface area contributed by atoms with Crippen molar-refractivity contribution in [2.24, 2.45) is 5.73 Å². The summed E-state index contributed by atoms with van der Waals surface area (Å²) in [6.07, 6.45) is 0.698. The SMILES string of the molecule is CC(C)N1CCc2c(sc(NC(=O)c3cc(=O)c4ccccc4o3)c2C(N)=O)C1. The number of para-hydroxylation sites is 1. The van der Waals surface area contributed by atoms with Crippen LogP contribution in [0.25, 0.3) is 11.0 Å².